The van der Waals surface area contributed by atoms with Crippen LogP contribution in [0, 0.1) is 6.92 Å². The normalized spacial score (nSPS) is 10.5. The molecule has 88 valence electrons. The van der Waals surface area contributed by atoms with Gasteiger partial charge in [0, 0.05) is 11.7 Å². The van der Waals surface area contributed by atoms with Crippen LogP contribution in [0.25, 0.3) is 0 Å². The lowest BCUT2D eigenvalue weighted by atomic mass is 10.1. The van der Waals surface area contributed by atoms with Crippen molar-refractivity contribution >= 4 is 11.7 Å². The van der Waals surface area contributed by atoms with E-state index in [0.29, 0.717) is 17.3 Å². The van der Waals surface area contributed by atoms with Crippen LogP contribution in [0.2, 0.25) is 0 Å². The molecule has 0 aliphatic heterocycles. The van der Waals surface area contributed by atoms with Crippen molar-refractivity contribution in [2.45, 2.75) is 39.7 Å². The molecule has 1 aromatic rings. The number of anilines is 1. The van der Waals surface area contributed by atoms with E-state index in [-0.39, 0.29) is 0 Å². The molecule has 0 radical (unpaired) electrons. The predicted octanol–water partition coefficient (Wildman–Crippen LogP) is 3.29. The zero-order chi connectivity index (χ0) is 12.1. The molecule has 1 aromatic carbocycles. The second-order valence-corrected chi connectivity index (χ2v) is 4.01. The van der Waals surface area contributed by atoms with Crippen molar-refractivity contribution in [2.24, 2.45) is 0 Å². The Balaban J connectivity index is 2.98. The lowest BCUT2D eigenvalue weighted by Gasteiger charge is -2.18. The summed E-state index contributed by atoms with van der Waals surface area (Å²) in [6.07, 6.45) is 1.98. The Morgan fingerprint density at radius 2 is 2.00 bits per heavy atom. The van der Waals surface area contributed by atoms with Gasteiger partial charge in [-0.1, -0.05) is 25.5 Å². The van der Waals surface area contributed by atoms with Crippen LogP contribution >= 0.6 is 0 Å². The summed E-state index contributed by atoms with van der Waals surface area (Å²) in [6.45, 7) is 6.08. The average Bonchev–Trinajstić information content (AvgIpc) is 2.27. The van der Waals surface area contributed by atoms with Crippen molar-refractivity contribution < 1.29 is 9.90 Å². The van der Waals surface area contributed by atoms with Crippen LogP contribution in [0.15, 0.2) is 18.2 Å². The Morgan fingerprint density at radius 3 is 2.50 bits per heavy atom. The molecule has 0 aliphatic carbocycles. The molecular formula is C13H19NO2. The minimum absolute atomic E-state index is 0.334. The van der Waals surface area contributed by atoms with E-state index in [9.17, 15) is 4.79 Å². The topological polar surface area (TPSA) is 49.3 Å². The largest absolute Gasteiger partial charge is 0.478 e. The molecule has 16 heavy (non-hydrogen) atoms. The van der Waals surface area contributed by atoms with Gasteiger partial charge in [0.15, 0.2) is 0 Å². The van der Waals surface area contributed by atoms with E-state index >= 15 is 0 Å². The minimum Gasteiger partial charge on any atom is -0.478 e. The first-order valence-electron chi connectivity index (χ1n) is 5.69. The maximum Gasteiger partial charge on any atom is 0.337 e. The zero-order valence-corrected chi connectivity index (χ0v) is 10.1. The van der Waals surface area contributed by atoms with Gasteiger partial charge in [0.05, 0.1) is 5.56 Å². The van der Waals surface area contributed by atoms with Gasteiger partial charge in [-0.05, 0) is 31.9 Å². The van der Waals surface area contributed by atoms with Gasteiger partial charge in [0.25, 0.3) is 0 Å². The van der Waals surface area contributed by atoms with E-state index in [0.717, 1.165) is 18.4 Å². The van der Waals surface area contributed by atoms with E-state index in [1.807, 2.05) is 19.1 Å². The molecule has 1 rings (SSSR count). The van der Waals surface area contributed by atoms with Gasteiger partial charge >= 0.3 is 5.97 Å². The number of aryl methyl sites for hydroxylation is 1. The summed E-state index contributed by atoms with van der Waals surface area (Å²) >= 11 is 0. The molecule has 0 saturated carbocycles. The molecule has 0 saturated heterocycles. The summed E-state index contributed by atoms with van der Waals surface area (Å²) in [4.78, 5) is 11.1. The molecule has 0 spiro atoms. The van der Waals surface area contributed by atoms with Crippen molar-refractivity contribution in [3.8, 4) is 0 Å². The third kappa shape index (κ3) is 2.99. The highest BCUT2D eigenvalue weighted by atomic mass is 16.4. The average molecular weight is 221 g/mol. The Morgan fingerprint density at radius 1 is 1.38 bits per heavy atom. The minimum atomic E-state index is -0.878. The highest BCUT2D eigenvalue weighted by Gasteiger charge is 2.12. The molecule has 0 aliphatic rings. The third-order valence-corrected chi connectivity index (χ3v) is 2.75. The summed E-state index contributed by atoms with van der Waals surface area (Å²) < 4.78 is 0. The molecule has 0 unspecified atom stereocenters. The number of carboxylic acids is 1. The first-order valence-corrected chi connectivity index (χ1v) is 5.69. The lowest BCUT2D eigenvalue weighted by molar-refractivity contribution is 0.0698. The SMILES string of the molecule is CCC(CC)Nc1ccc(C)cc1C(=O)O. The fourth-order valence-electron chi connectivity index (χ4n) is 1.67. The number of rotatable bonds is 5. The monoisotopic (exact) mass is 221 g/mol. The number of hydrogen-bond donors (Lipinski definition) is 2. The van der Waals surface area contributed by atoms with E-state index in [1.165, 1.54) is 0 Å². The number of carbonyl (C=O) groups is 1. The maximum absolute atomic E-state index is 11.1. The van der Waals surface area contributed by atoms with Crippen LogP contribution in [0.4, 0.5) is 5.69 Å². The number of hydrogen-bond acceptors (Lipinski definition) is 2. The number of aromatic carboxylic acids is 1. The summed E-state index contributed by atoms with van der Waals surface area (Å²) in [5.74, 6) is -0.878. The molecule has 0 heterocycles. The molecule has 0 aromatic heterocycles. The van der Waals surface area contributed by atoms with E-state index in [2.05, 4.69) is 19.2 Å². The van der Waals surface area contributed by atoms with Crippen LogP contribution in [-0.4, -0.2) is 17.1 Å². The fraction of sp³-hybridized carbons (Fsp3) is 0.462. The van der Waals surface area contributed by atoms with Crippen molar-refractivity contribution in [3.63, 3.8) is 0 Å². The first-order chi connectivity index (χ1) is 7.58. The first kappa shape index (κ1) is 12.6. The Bertz CT molecular complexity index is 370. The van der Waals surface area contributed by atoms with Crippen LogP contribution < -0.4 is 5.32 Å². The van der Waals surface area contributed by atoms with Gasteiger partial charge in [0.2, 0.25) is 0 Å². The van der Waals surface area contributed by atoms with Crippen LogP contribution in [0.5, 0.6) is 0 Å². The molecule has 3 heteroatoms. The molecular weight excluding hydrogens is 202 g/mol. The van der Waals surface area contributed by atoms with Crippen LogP contribution in [0.1, 0.15) is 42.6 Å². The van der Waals surface area contributed by atoms with Gasteiger partial charge in [-0.25, -0.2) is 4.79 Å². The van der Waals surface area contributed by atoms with Gasteiger partial charge in [-0.2, -0.15) is 0 Å². The molecule has 0 atom stereocenters. The van der Waals surface area contributed by atoms with Crippen LogP contribution in [0.3, 0.4) is 0 Å². The van der Waals surface area contributed by atoms with Crippen molar-refractivity contribution in [1.82, 2.24) is 0 Å². The highest BCUT2D eigenvalue weighted by Crippen LogP contribution is 2.19. The number of benzene rings is 1. The molecule has 3 nitrogen and oxygen atoms in total. The predicted molar refractivity (Wildman–Crippen MR) is 66.1 cm³/mol. The fourth-order valence-corrected chi connectivity index (χ4v) is 1.67. The zero-order valence-electron chi connectivity index (χ0n) is 10.1. The second-order valence-electron chi connectivity index (χ2n) is 4.01. The van der Waals surface area contributed by atoms with Gasteiger partial charge < -0.3 is 10.4 Å². The number of carboxylic acid groups (broad SMARTS) is 1. The van der Waals surface area contributed by atoms with Crippen molar-refractivity contribution in [2.75, 3.05) is 5.32 Å². The Labute approximate surface area is 96.5 Å². The van der Waals surface area contributed by atoms with E-state index in [1.54, 1.807) is 6.07 Å². The smallest absolute Gasteiger partial charge is 0.337 e. The molecule has 2 N–H and O–H groups in total. The number of nitrogens with one attached hydrogen (secondary N) is 1. The quantitative estimate of drug-likeness (QED) is 0.802. The Kier molecular flexibility index (Phi) is 4.35. The summed E-state index contributed by atoms with van der Waals surface area (Å²) in [7, 11) is 0. The third-order valence-electron chi connectivity index (χ3n) is 2.75. The van der Waals surface area contributed by atoms with Crippen molar-refractivity contribution in [3.05, 3.63) is 29.3 Å². The molecule has 0 bridgehead atoms. The van der Waals surface area contributed by atoms with E-state index < -0.39 is 5.97 Å². The van der Waals surface area contributed by atoms with Gasteiger partial charge in [-0.3, -0.25) is 0 Å². The van der Waals surface area contributed by atoms with Crippen LogP contribution in [-0.2, 0) is 0 Å². The highest BCUT2D eigenvalue weighted by molar-refractivity contribution is 5.94. The standard InChI is InChI=1S/C13H19NO2/c1-4-10(5-2)14-12-7-6-9(3)8-11(12)13(15)16/h6-8,10,14H,4-5H2,1-3H3,(H,15,16). The van der Waals surface area contributed by atoms with E-state index in [4.69, 9.17) is 5.11 Å². The van der Waals surface area contributed by atoms with Crippen molar-refractivity contribution in [1.29, 1.82) is 0 Å². The maximum atomic E-state index is 11.1. The van der Waals surface area contributed by atoms with Gasteiger partial charge in [-0.15, -0.1) is 0 Å². The lowest BCUT2D eigenvalue weighted by Crippen LogP contribution is -2.19. The molecule has 0 fully saturated rings. The summed E-state index contributed by atoms with van der Waals surface area (Å²) in [5, 5.41) is 12.4. The second kappa shape index (κ2) is 5.54. The molecule has 0 amide bonds. The Hall–Kier alpha value is -1.51. The summed E-state index contributed by atoms with van der Waals surface area (Å²) in [5.41, 5.74) is 2.03. The summed E-state index contributed by atoms with van der Waals surface area (Å²) in [6, 6.07) is 5.81. The van der Waals surface area contributed by atoms with Gasteiger partial charge in [0.1, 0.15) is 0 Å².